The molecule has 1 aromatic rings. The average molecular weight is 236 g/mol. The molecule has 0 aromatic heterocycles. The SMILES string of the molecule is C=C(C)CNC1CC(c2cccc(Cl)c2)C1. The van der Waals surface area contributed by atoms with Crippen LogP contribution in [0.2, 0.25) is 5.02 Å². The maximum absolute atomic E-state index is 5.98. The Bertz CT molecular complexity index is 380. The molecule has 0 radical (unpaired) electrons. The zero-order valence-electron chi connectivity index (χ0n) is 9.67. The summed E-state index contributed by atoms with van der Waals surface area (Å²) in [6.45, 7) is 6.89. The number of hydrogen-bond donors (Lipinski definition) is 1. The van der Waals surface area contributed by atoms with Crippen molar-refractivity contribution in [1.82, 2.24) is 5.32 Å². The maximum atomic E-state index is 5.98. The van der Waals surface area contributed by atoms with Crippen LogP contribution in [0, 0.1) is 0 Å². The standard InChI is InChI=1S/C14H18ClN/c1-10(2)9-16-14-7-12(8-14)11-4-3-5-13(15)6-11/h3-6,12,14,16H,1,7-9H2,2H3. The Labute approximate surface area is 103 Å². The number of benzene rings is 1. The third-order valence-corrected chi connectivity index (χ3v) is 3.39. The van der Waals surface area contributed by atoms with Gasteiger partial charge in [0.1, 0.15) is 0 Å². The van der Waals surface area contributed by atoms with Crippen molar-refractivity contribution in [2.45, 2.75) is 31.7 Å². The number of halogens is 1. The van der Waals surface area contributed by atoms with E-state index in [0.717, 1.165) is 11.6 Å². The summed E-state index contributed by atoms with van der Waals surface area (Å²) in [4.78, 5) is 0. The third-order valence-electron chi connectivity index (χ3n) is 3.15. The van der Waals surface area contributed by atoms with E-state index in [1.807, 2.05) is 12.1 Å². The molecule has 86 valence electrons. The second-order valence-corrected chi connectivity index (χ2v) is 5.19. The van der Waals surface area contributed by atoms with Gasteiger partial charge in [-0.2, -0.15) is 0 Å². The third kappa shape index (κ3) is 2.87. The fraction of sp³-hybridized carbons (Fsp3) is 0.429. The van der Waals surface area contributed by atoms with Crippen LogP contribution in [0.15, 0.2) is 36.4 Å². The van der Waals surface area contributed by atoms with Crippen molar-refractivity contribution < 1.29 is 0 Å². The first-order valence-corrected chi connectivity index (χ1v) is 6.16. The van der Waals surface area contributed by atoms with Crippen molar-refractivity contribution in [3.8, 4) is 0 Å². The van der Waals surface area contributed by atoms with E-state index < -0.39 is 0 Å². The van der Waals surface area contributed by atoms with Gasteiger partial charge < -0.3 is 5.32 Å². The van der Waals surface area contributed by atoms with Crippen molar-refractivity contribution in [2.75, 3.05) is 6.54 Å². The van der Waals surface area contributed by atoms with Crippen LogP contribution in [0.4, 0.5) is 0 Å². The first kappa shape index (κ1) is 11.7. The van der Waals surface area contributed by atoms with Crippen LogP contribution in [0.3, 0.4) is 0 Å². The molecule has 0 unspecified atom stereocenters. The normalized spacial score (nSPS) is 23.9. The van der Waals surface area contributed by atoms with E-state index in [2.05, 4.69) is 31.0 Å². The molecule has 0 saturated heterocycles. The van der Waals surface area contributed by atoms with Gasteiger partial charge >= 0.3 is 0 Å². The van der Waals surface area contributed by atoms with E-state index in [1.165, 1.54) is 24.0 Å². The molecule has 0 atom stereocenters. The molecular weight excluding hydrogens is 218 g/mol. The molecule has 2 heteroatoms. The Kier molecular flexibility index (Phi) is 3.67. The van der Waals surface area contributed by atoms with Crippen molar-refractivity contribution in [3.05, 3.63) is 47.0 Å². The Morgan fingerprint density at radius 1 is 1.50 bits per heavy atom. The van der Waals surface area contributed by atoms with Gasteiger partial charge in [-0.1, -0.05) is 35.9 Å². The fourth-order valence-corrected chi connectivity index (χ4v) is 2.33. The molecule has 1 nitrogen and oxygen atoms in total. The lowest BCUT2D eigenvalue weighted by Gasteiger charge is -2.36. The highest BCUT2D eigenvalue weighted by atomic mass is 35.5. The number of nitrogens with one attached hydrogen (secondary N) is 1. The summed E-state index contributed by atoms with van der Waals surface area (Å²) in [6.07, 6.45) is 2.43. The van der Waals surface area contributed by atoms with E-state index >= 15 is 0 Å². The topological polar surface area (TPSA) is 12.0 Å². The average Bonchev–Trinajstić information content (AvgIpc) is 2.14. The van der Waals surface area contributed by atoms with Gasteiger partial charge in [0.05, 0.1) is 0 Å². The predicted molar refractivity (Wildman–Crippen MR) is 70.0 cm³/mol. The van der Waals surface area contributed by atoms with E-state index in [-0.39, 0.29) is 0 Å². The number of rotatable bonds is 4. The molecule has 1 saturated carbocycles. The van der Waals surface area contributed by atoms with Gasteiger partial charge in [-0.05, 0) is 43.4 Å². The van der Waals surface area contributed by atoms with Crippen LogP contribution >= 0.6 is 11.6 Å². The monoisotopic (exact) mass is 235 g/mol. The van der Waals surface area contributed by atoms with E-state index in [1.54, 1.807) is 0 Å². The van der Waals surface area contributed by atoms with Gasteiger partial charge in [-0.25, -0.2) is 0 Å². The summed E-state index contributed by atoms with van der Waals surface area (Å²) in [7, 11) is 0. The van der Waals surface area contributed by atoms with Crippen LogP contribution in [-0.4, -0.2) is 12.6 Å². The predicted octanol–water partition coefficient (Wildman–Crippen LogP) is 3.75. The quantitative estimate of drug-likeness (QED) is 0.784. The lowest BCUT2D eigenvalue weighted by molar-refractivity contribution is 0.298. The summed E-state index contributed by atoms with van der Waals surface area (Å²) in [6, 6.07) is 8.88. The van der Waals surface area contributed by atoms with Crippen molar-refractivity contribution in [3.63, 3.8) is 0 Å². The smallest absolute Gasteiger partial charge is 0.0408 e. The van der Waals surface area contributed by atoms with Crippen LogP contribution in [0.5, 0.6) is 0 Å². The molecular formula is C14H18ClN. The summed E-state index contributed by atoms with van der Waals surface area (Å²) < 4.78 is 0. The molecule has 0 amide bonds. The van der Waals surface area contributed by atoms with Crippen molar-refractivity contribution >= 4 is 11.6 Å². The van der Waals surface area contributed by atoms with Gasteiger partial charge in [0.2, 0.25) is 0 Å². The van der Waals surface area contributed by atoms with Crippen LogP contribution in [0.25, 0.3) is 0 Å². The molecule has 16 heavy (non-hydrogen) atoms. The molecule has 0 heterocycles. The second kappa shape index (κ2) is 5.03. The molecule has 1 aromatic carbocycles. The maximum Gasteiger partial charge on any atom is 0.0408 e. The van der Waals surface area contributed by atoms with E-state index in [4.69, 9.17) is 11.6 Å². The lowest BCUT2D eigenvalue weighted by Crippen LogP contribution is -2.40. The summed E-state index contributed by atoms with van der Waals surface area (Å²) in [5, 5.41) is 4.34. The molecule has 0 spiro atoms. The minimum Gasteiger partial charge on any atom is -0.310 e. The highest BCUT2D eigenvalue weighted by Gasteiger charge is 2.29. The summed E-state index contributed by atoms with van der Waals surface area (Å²) in [5.74, 6) is 0.682. The molecule has 1 N–H and O–H groups in total. The van der Waals surface area contributed by atoms with Crippen LogP contribution in [-0.2, 0) is 0 Å². The second-order valence-electron chi connectivity index (χ2n) is 4.76. The molecule has 0 aliphatic heterocycles. The first-order valence-electron chi connectivity index (χ1n) is 5.78. The molecule has 2 rings (SSSR count). The van der Waals surface area contributed by atoms with E-state index in [0.29, 0.717) is 12.0 Å². The van der Waals surface area contributed by atoms with Gasteiger partial charge in [0.25, 0.3) is 0 Å². The number of hydrogen-bond acceptors (Lipinski definition) is 1. The Morgan fingerprint density at radius 2 is 2.25 bits per heavy atom. The van der Waals surface area contributed by atoms with Gasteiger partial charge in [0, 0.05) is 17.6 Å². The van der Waals surface area contributed by atoms with Crippen molar-refractivity contribution in [2.24, 2.45) is 0 Å². The molecule has 1 fully saturated rings. The highest BCUT2D eigenvalue weighted by Crippen LogP contribution is 2.37. The molecule has 0 bridgehead atoms. The van der Waals surface area contributed by atoms with Gasteiger partial charge in [-0.15, -0.1) is 0 Å². The minimum atomic E-state index is 0.653. The fourth-order valence-electron chi connectivity index (χ4n) is 2.14. The Balaban J connectivity index is 1.82. The zero-order chi connectivity index (χ0) is 11.5. The Hall–Kier alpha value is -0.790. The summed E-state index contributed by atoms with van der Waals surface area (Å²) in [5.41, 5.74) is 2.58. The van der Waals surface area contributed by atoms with Crippen LogP contribution in [0.1, 0.15) is 31.2 Å². The Morgan fingerprint density at radius 3 is 2.88 bits per heavy atom. The molecule has 1 aliphatic carbocycles. The zero-order valence-corrected chi connectivity index (χ0v) is 10.4. The highest BCUT2D eigenvalue weighted by molar-refractivity contribution is 6.30. The lowest BCUT2D eigenvalue weighted by atomic mass is 9.76. The molecule has 1 aliphatic rings. The first-order chi connectivity index (χ1) is 7.65. The minimum absolute atomic E-state index is 0.653. The van der Waals surface area contributed by atoms with Crippen molar-refractivity contribution in [1.29, 1.82) is 0 Å². The largest absolute Gasteiger partial charge is 0.310 e. The van der Waals surface area contributed by atoms with E-state index in [9.17, 15) is 0 Å². The van der Waals surface area contributed by atoms with Gasteiger partial charge in [-0.3, -0.25) is 0 Å². The summed E-state index contributed by atoms with van der Waals surface area (Å²) >= 11 is 5.98. The van der Waals surface area contributed by atoms with Crippen LogP contribution < -0.4 is 5.32 Å². The van der Waals surface area contributed by atoms with Gasteiger partial charge in [0.15, 0.2) is 0 Å².